The summed E-state index contributed by atoms with van der Waals surface area (Å²) in [4.78, 5) is 0. The van der Waals surface area contributed by atoms with Gasteiger partial charge in [0.2, 0.25) is 0 Å². The molecule has 0 aliphatic carbocycles. The zero-order chi connectivity index (χ0) is 13.7. The average molecular weight is 261 g/mol. The standard InChI is InChI=1S/C15H16FNO2/c1-18-13-7-5-11(6-8-13)10-19-15-12(9-17)3-2-4-14(15)16/h2-8H,9-10,17H2,1H3. The number of halogens is 1. The maximum atomic E-state index is 13.7. The number of rotatable bonds is 5. The number of nitrogens with two attached hydrogens (primary N) is 1. The highest BCUT2D eigenvalue weighted by molar-refractivity contribution is 5.35. The van der Waals surface area contributed by atoms with Crippen LogP contribution in [0.25, 0.3) is 0 Å². The van der Waals surface area contributed by atoms with E-state index in [9.17, 15) is 4.39 Å². The molecule has 0 radical (unpaired) electrons. The number of methoxy groups -OCH3 is 1. The van der Waals surface area contributed by atoms with Gasteiger partial charge in [-0.1, -0.05) is 24.3 Å². The first kappa shape index (κ1) is 13.4. The zero-order valence-corrected chi connectivity index (χ0v) is 10.7. The number of para-hydroxylation sites is 1. The maximum Gasteiger partial charge on any atom is 0.165 e. The lowest BCUT2D eigenvalue weighted by Gasteiger charge is -2.11. The van der Waals surface area contributed by atoms with Gasteiger partial charge in [-0.3, -0.25) is 0 Å². The van der Waals surface area contributed by atoms with E-state index in [2.05, 4.69) is 0 Å². The highest BCUT2D eigenvalue weighted by atomic mass is 19.1. The topological polar surface area (TPSA) is 44.5 Å². The summed E-state index contributed by atoms with van der Waals surface area (Å²) in [7, 11) is 1.61. The van der Waals surface area contributed by atoms with Crippen molar-refractivity contribution in [2.24, 2.45) is 5.73 Å². The number of hydrogen-bond donors (Lipinski definition) is 1. The predicted octanol–water partition coefficient (Wildman–Crippen LogP) is 2.87. The van der Waals surface area contributed by atoms with Crippen molar-refractivity contribution >= 4 is 0 Å². The Labute approximate surface area is 111 Å². The number of benzene rings is 2. The number of ether oxygens (including phenoxy) is 2. The summed E-state index contributed by atoms with van der Waals surface area (Å²) in [5, 5.41) is 0. The lowest BCUT2D eigenvalue weighted by Crippen LogP contribution is -2.04. The molecule has 3 nitrogen and oxygen atoms in total. The first-order valence-electron chi connectivity index (χ1n) is 5.97. The molecule has 4 heteroatoms. The Morgan fingerprint density at radius 2 is 1.84 bits per heavy atom. The second-order valence-corrected chi connectivity index (χ2v) is 4.07. The summed E-state index contributed by atoms with van der Waals surface area (Å²) in [5.74, 6) is 0.606. The van der Waals surface area contributed by atoms with Gasteiger partial charge in [0.15, 0.2) is 11.6 Å². The second-order valence-electron chi connectivity index (χ2n) is 4.07. The van der Waals surface area contributed by atoms with E-state index >= 15 is 0 Å². The van der Waals surface area contributed by atoms with Gasteiger partial charge in [0, 0.05) is 12.1 Å². The summed E-state index contributed by atoms with van der Waals surface area (Å²) >= 11 is 0. The van der Waals surface area contributed by atoms with Gasteiger partial charge in [-0.15, -0.1) is 0 Å². The molecule has 2 N–H and O–H groups in total. The smallest absolute Gasteiger partial charge is 0.165 e. The summed E-state index contributed by atoms with van der Waals surface area (Å²) < 4.78 is 24.3. The third-order valence-corrected chi connectivity index (χ3v) is 2.81. The average Bonchev–Trinajstić information content (AvgIpc) is 2.46. The monoisotopic (exact) mass is 261 g/mol. The quantitative estimate of drug-likeness (QED) is 0.900. The highest BCUT2D eigenvalue weighted by Crippen LogP contribution is 2.23. The van der Waals surface area contributed by atoms with Crippen molar-refractivity contribution in [1.82, 2.24) is 0 Å². The highest BCUT2D eigenvalue weighted by Gasteiger charge is 2.08. The van der Waals surface area contributed by atoms with Crippen molar-refractivity contribution in [3.63, 3.8) is 0 Å². The minimum atomic E-state index is -0.392. The van der Waals surface area contributed by atoms with Crippen LogP contribution in [-0.2, 0) is 13.2 Å². The van der Waals surface area contributed by atoms with Crippen LogP contribution in [0.3, 0.4) is 0 Å². The van der Waals surface area contributed by atoms with Gasteiger partial charge in [0.1, 0.15) is 12.4 Å². The Bertz CT molecular complexity index is 540. The second kappa shape index (κ2) is 6.20. The van der Waals surface area contributed by atoms with Crippen LogP contribution < -0.4 is 15.2 Å². The normalized spacial score (nSPS) is 10.3. The van der Waals surface area contributed by atoms with Crippen LogP contribution in [0.2, 0.25) is 0 Å². The van der Waals surface area contributed by atoms with Crippen LogP contribution in [0.1, 0.15) is 11.1 Å². The van der Waals surface area contributed by atoms with Crippen molar-refractivity contribution in [1.29, 1.82) is 0 Å². The molecule has 0 heterocycles. The van der Waals surface area contributed by atoms with Crippen molar-refractivity contribution < 1.29 is 13.9 Å². The molecule has 0 aromatic heterocycles. The fraction of sp³-hybridized carbons (Fsp3) is 0.200. The van der Waals surface area contributed by atoms with E-state index in [1.807, 2.05) is 24.3 Å². The fourth-order valence-corrected chi connectivity index (χ4v) is 1.75. The number of hydrogen-bond acceptors (Lipinski definition) is 3. The minimum absolute atomic E-state index is 0.223. The molecular weight excluding hydrogens is 245 g/mol. The Kier molecular flexibility index (Phi) is 4.36. The lowest BCUT2D eigenvalue weighted by atomic mass is 10.2. The first-order valence-corrected chi connectivity index (χ1v) is 5.97. The molecule has 0 bridgehead atoms. The molecule has 0 aliphatic heterocycles. The zero-order valence-electron chi connectivity index (χ0n) is 10.7. The van der Waals surface area contributed by atoms with Crippen LogP contribution in [0, 0.1) is 5.82 Å². The summed E-state index contributed by atoms with van der Waals surface area (Å²) in [6.45, 7) is 0.535. The van der Waals surface area contributed by atoms with Crippen molar-refractivity contribution in [2.45, 2.75) is 13.2 Å². The van der Waals surface area contributed by atoms with Gasteiger partial charge >= 0.3 is 0 Å². The van der Waals surface area contributed by atoms with E-state index in [-0.39, 0.29) is 18.9 Å². The van der Waals surface area contributed by atoms with Crippen LogP contribution in [0.15, 0.2) is 42.5 Å². The molecule has 2 aromatic carbocycles. The molecule has 100 valence electrons. The van der Waals surface area contributed by atoms with Crippen molar-refractivity contribution in [3.05, 3.63) is 59.4 Å². The molecule has 2 rings (SSSR count). The first-order chi connectivity index (χ1) is 9.24. The molecular formula is C15H16FNO2. The van der Waals surface area contributed by atoms with Gasteiger partial charge in [-0.05, 0) is 23.8 Å². The van der Waals surface area contributed by atoms with Gasteiger partial charge in [0.25, 0.3) is 0 Å². The Balaban J connectivity index is 2.09. The lowest BCUT2D eigenvalue weighted by molar-refractivity contribution is 0.287. The van der Waals surface area contributed by atoms with E-state index in [1.54, 1.807) is 19.2 Å². The van der Waals surface area contributed by atoms with Gasteiger partial charge in [-0.25, -0.2) is 4.39 Å². The molecule has 0 fully saturated rings. The molecule has 0 spiro atoms. The van der Waals surface area contributed by atoms with Crippen molar-refractivity contribution in [3.8, 4) is 11.5 Å². The van der Waals surface area contributed by atoms with Crippen LogP contribution in [-0.4, -0.2) is 7.11 Å². The van der Waals surface area contributed by atoms with E-state index in [0.717, 1.165) is 11.3 Å². The van der Waals surface area contributed by atoms with Crippen LogP contribution in [0.5, 0.6) is 11.5 Å². The molecule has 0 saturated carbocycles. The van der Waals surface area contributed by atoms with Crippen molar-refractivity contribution in [2.75, 3.05) is 7.11 Å². The molecule has 0 atom stereocenters. The summed E-state index contributed by atoms with van der Waals surface area (Å²) in [6.07, 6.45) is 0. The predicted molar refractivity (Wildman–Crippen MR) is 71.6 cm³/mol. The molecule has 0 unspecified atom stereocenters. The molecule has 0 saturated heterocycles. The minimum Gasteiger partial charge on any atom is -0.497 e. The summed E-state index contributed by atoms with van der Waals surface area (Å²) in [5.41, 5.74) is 7.16. The Morgan fingerprint density at radius 3 is 2.47 bits per heavy atom. The molecule has 2 aromatic rings. The largest absolute Gasteiger partial charge is 0.497 e. The van der Waals surface area contributed by atoms with Gasteiger partial charge in [-0.2, -0.15) is 0 Å². The molecule has 0 aliphatic rings. The van der Waals surface area contributed by atoms with E-state index in [1.165, 1.54) is 6.07 Å². The summed E-state index contributed by atoms with van der Waals surface area (Å²) in [6, 6.07) is 12.2. The van der Waals surface area contributed by atoms with E-state index in [0.29, 0.717) is 5.56 Å². The van der Waals surface area contributed by atoms with Gasteiger partial charge in [0.05, 0.1) is 7.11 Å². The Morgan fingerprint density at radius 1 is 1.11 bits per heavy atom. The van der Waals surface area contributed by atoms with Crippen LogP contribution >= 0.6 is 0 Å². The third kappa shape index (κ3) is 3.23. The van der Waals surface area contributed by atoms with Gasteiger partial charge < -0.3 is 15.2 Å². The molecule has 0 amide bonds. The Hall–Kier alpha value is -2.07. The van der Waals surface area contributed by atoms with E-state index < -0.39 is 5.82 Å². The molecule has 19 heavy (non-hydrogen) atoms. The van der Waals surface area contributed by atoms with Crippen LogP contribution in [0.4, 0.5) is 4.39 Å². The fourth-order valence-electron chi connectivity index (χ4n) is 1.75. The SMILES string of the molecule is COc1ccc(COc2c(F)cccc2CN)cc1. The third-order valence-electron chi connectivity index (χ3n) is 2.81. The maximum absolute atomic E-state index is 13.7. The van der Waals surface area contributed by atoms with E-state index in [4.69, 9.17) is 15.2 Å².